The van der Waals surface area contributed by atoms with Crippen LogP contribution in [0.2, 0.25) is 0 Å². The lowest BCUT2D eigenvalue weighted by Crippen LogP contribution is -2.47. The van der Waals surface area contributed by atoms with E-state index >= 15 is 0 Å². The van der Waals surface area contributed by atoms with Crippen molar-refractivity contribution in [1.29, 1.82) is 0 Å². The number of amides is 2. The summed E-state index contributed by atoms with van der Waals surface area (Å²) < 4.78 is 4.59. The van der Waals surface area contributed by atoms with E-state index < -0.39 is 30.1 Å². The van der Waals surface area contributed by atoms with Gasteiger partial charge in [-0.15, -0.1) is 0 Å². The third-order valence-electron chi connectivity index (χ3n) is 2.49. The molecule has 2 unspecified atom stereocenters. The lowest BCUT2D eigenvalue weighted by atomic mass is 10.0. The topological polar surface area (TPSA) is 125 Å². The van der Waals surface area contributed by atoms with Crippen molar-refractivity contribution in [2.24, 2.45) is 5.92 Å². The normalized spacial score (nSPS) is 13.4. The fraction of sp³-hybridized carbons (Fsp3) is 0.750. The molecule has 20 heavy (non-hydrogen) atoms. The second kappa shape index (κ2) is 9.13. The summed E-state index contributed by atoms with van der Waals surface area (Å²) in [6, 6.07) is -1.37. The van der Waals surface area contributed by atoms with Gasteiger partial charge in [-0.25, -0.2) is 14.4 Å². The van der Waals surface area contributed by atoms with Crippen LogP contribution in [0.25, 0.3) is 0 Å². The molecule has 0 fully saturated rings. The molecule has 0 rings (SSSR count). The van der Waals surface area contributed by atoms with Crippen LogP contribution in [0.1, 0.15) is 26.7 Å². The Labute approximate surface area is 117 Å². The first-order valence-electron chi connectivity index (χ1n) is 6.31. The van der Waals surface area contributed by atoms with E-state index in [0.29, 0.717) is 6.42 Å². The minimum Gasteiger partial charge on any atom is -0.479 e. The molecule has 2 amide bonds. The summed E-state index contributed by atoms with van der Waals surface area (Å²) in [7, 11) is 1.23. The van der Waals surface area contributed by atoms with Crippen LogP contribution in [0.3, 0.4) is 0 Å². The molecule has 0 aliphatic rings. The van der Waals surface area contributed by atoms with Gasteiger partial charge in [0.05, 0.1) is 7.11 Å². The van der Waals surface area contributed by atoms with Gasteiger partial charge in [0.1, 0.15) is 6.04 Å². The van der Waals surface area contributed by atoms with Gasteiger partial charge in [0, 0.05) is 13.0 Å². The Bertz CT molecular complexity index is 345. The fourth-order valence-corrected chi connectivity index (χ4v) is 1.48. The molecule has 8 heteroatoms. The summed E-state index contributed by atoms with van der Waals surface area (Å²) in [4.78, 5) is 33.4. The van der Waals surface area contributed by atoms with Gasteiger partial charge in [-0.3, -0.25) is 0 Å². The predicted molar refractivity (Wildman–Crippen MR) is 70.1 cm³/mol. The molecule has 0 aromatic heterocycles. The monoisotopic (exact) mass is 290 g/mol. The van der Waals surface area contributed by atoms with Gasteiger partial charge in [0.2, 0.25) is 0 Å². The number of carbonyl (C=O) groups is 3. The number of aliphatic carboxylic acids is 1. The number of hydrogen-bond donors (Lipinski definition) is 4. The highest BCUT2D eigenvalue weighted by molar-refractivity contribution is 5.83. The number of rotatable bonds is 8. The van der Waals surface area contributed by atoms with Crippen molar-refractivity contribution in [3.05, 3.63) is 0 Å². The largest absolute Gasteiger partial charge is 0.479 e. The third kappa shape index (κ3) is 7.57. The fourth-order valence-electron chi connectivity index (χ4n) is 1.48. The zero-order valence-electron chi connectivity index (χ0n) is 11.9. The van der Waals surface area contributed by atoms with Crippen molar-refractivity contribution in [2.45, 2.75) is 38.8 Å². The molecule has 0 aromatic carbocycles. The van der Waals surface area contributed by atoms with E-state index in [1.54, 1.807) is 0 Å². The number of aliphatic hydroxyl groups excluding tert-OH is 1. The molecule has 4 N–H and O–H groups in total. The number of carboxylic acids is 1. The van der Waals surface area contributed by atoms with Crippen molar-refractivity contribution in [3.8, 4) is 0 Å². The summed E-state index contributed by atoms with van der Waals surface area (Å²) in [6.07, 6.45) is -1.21. The van der Waals surface area contributed by atoms with E-state index in [-0.39, 0.29) is 18.9 Å². The van der Waals surface area contributed by atoms with E-state index in [9.17, 15) is 14.4 Å². The second-order valence-electron chi connectivity index (χ2n) is 4.75. The first-order chi connectivity index (χ1) is 9.27. The second-order valence-corrected chi connectivity index (χ2v) is 4.75. The van der Waals surface area contributed by atoms with Gasteiger partial charge in [-0.2, -0.15) is 0 Å². The summed E-state index contributed by atoms with van der Waals surface area (Å²) in [5.74, 6) is -1.70. The van der Waals surface area contributed by atoms with Crippen molar-refractivity contribution in [2.75, 3.05) is 13.7 Å². The van der Waals surface area contributed by atoms with E-state index in [4.69, 9.17) is 10.2 Å². The molecule has 0 saturated carbocycles. The highest BCUT2D eigenvalue weighted by Gasteiger charge is 2.22. The molecular formula is C12H22N2O6. The zero-order valence-corrected chi connectivity index (χ0v) is 11.9. The molecule has 0 spiro atoms. The van der Waals surface area contributed by atoms with Crippen LogP contribution in [0.5, 0.6) is 0 Å². The number of hydrogen-bond acceptors (Lipinski definition) is 5. The van der Waals surface area contributed by atoms with Crippen LogP contribution >= 0.6 is 0 Å². The molecule has 0 radical (unpaired) electrons. The molecule has 0 bridgehead atoms. The molecule has 0 heterocycles. The number of ether oxygens (including phenoxy) is 1. The van der Waals surface area contributed by atoms with Gasteiger partial charge < -0.3 is 25.6 Å². The SMILES string of the molecule is COC(=O)C(CC(C)C)NC(=O)NCCC(O)C(=O)O. The number of carbonyl (C=O) groups excluding carboxylic acids is 2. The Kier molecular flexibility index (Phi) is 8.30. The van der Waals surface area contributed by atoms with E-state index in [0.717, 1.165) is 0 Å². The van der Waals surface area contributed by atoms with Crippen LogP contribution in [0.15, 0.2) is 0 Å². The van der Waals surface area contributed by atoms with Gasteiger partial charge >= 0.3 is 18.0 Å². The van der Waals surface area contributed by atoms with Gasteiger partial charge in [0.15, 0.2) is 6.10 Å². The minimum absolute atomic E-state index is 0.0190. The average Bonchev–Trinajstić information content (AvgIpc) is 2.36. The van der Waals surface area contributed by atoms with Crippen LogP contribution in [0.4, 0.5) is 4.79 Å². The third-order valence-corrected chi connectivity index (χ3v) is 2.49. The highest BCUT2D eigenvalue weighted by atomic mass is 16.5. The Balaban J connectivity index is 4.19. The van der Waals surface area contributed by atoms with Crippen molar-refractivity contribution < 1.29 is 29.3 Å². The minimum atomic E-state index is -1.53. The number of esters is 1. The number of urea groups is 1. The maximum Gasteiger partial charge on any atom is 0.332 e. The molecular weight excluding hydrogens is 268 g/mol. The summed E-state index contributed by atoms with van der Waals surface area (Å²) in [6.45, 7) is 3.78. The standard InChI is InChI=1S/C12H22N2O6/c1-7(2)6-8(11(18)20-3)14-12(19)13-5-4-9(15)10(16)17/h7-9,15H,4-6H2,1-3H3,(H,16,17)(H2,13,14,19). The molecule has 116 valence electrons. The molecule has 0 aliphatic carbocycles. The quantitative estimate of drug-likeness (QED) is 0.455. The molecule has 0 saturated heterocycles. The lowest BCUT2D eigenvalue weighted by Gasteiger charge is -2.18. The smallest absolute Gasteiger partial charge is 0.332 e. The first kappa shape index (κ1) is 18.2. The van der Waals surface area contributed by atoms with E-state index in [1.807, 2.05) is 13.8 Å². The Hall–Kier alpha value is -1.83. The summed E-state index contributed by atoms with van der Waals surface area (Å²) >= 11 is 0. The van der Waals surface area contributed by atoms with E-state index in [1.165, 1.54) is 7.11 Å². The summed E-state index contributed by atoms with van der Waals surface area (Å²) in [5, 5.41) is 22.3. The van der Waals surface area contributed by atoms with Gasteiger partial charge in [-0.1, -0.05) is 13.8 Å². The number of carboxylic acid groups (broad SMARTS) is 1. The molecule has 0 aliphatic heterocycles. The van der Waals surface area contributed by atoms with Crippen LogP contribution in [0, 0.1) is 5.92 Å². The Morgan fingerprint density at radius 1 is 1.25 bits per heavy atom. The number of methoxy groups -OCH3 is 1. The van der Waals surface area contributed by atoms with Crippen LogP contribution < -0.4 is 10.6 Å². The lowest BCUT2D eigenvalue weighted by molar-refractivity contribution is -0.146. The molecule has 8 nitrogen and oxygen atoms in total. The zero-order chi connectivity index (χ0) is 15.7. The van der Waals surface area contributed by atoms with Crippen molar-refractivity contribution >= 4 is 18.0 Å². The molecule has 0 aromatic rings. The maximum absolute atomic E-state index is 11.5. The van der Waals surface area contributed by atoms with Crippen molar-refractivity contribution in [1.82, 2.24) is 10.6 Å². The van der Waals surface area contributed by atoms with E-state index in [2.05, 4.69) is 15.4 Å². The maximum atomic E-state index is 11.5. The highest BCUT2D eigenvalue weighted by Crippen LogP contribution is 2.06. The van der Waals surface area contributed by atoms with Gasteiger partial charge in [0.25, 0.3) is 0 Å². The molecule has 2 atom stereocenters. The van der Waals surface area contributed by atoms with Crippen LogP contribution in [-0.2, 0) is 14.3 Å². The Morgan fingerprint density at radius 3 is 2.30 bits per heavy atom. The Morgan fingerprint density at radius 2 is 1.85 bits per heavy atom. The van der Waals surface area contributed by atoms with Gasteiger partial charge in [-0.05, 0) is 12.3 Å². The van der Waals surface area contributed by atoms with Crippen molar-refractivity contribution in [3.63, 3.8) is 0 Å². The predicted octanol–water partition coefficient (Wildman–Crippen LogP) is -0.291. The van der Waals surface area contributed by atoms with Crippen LogP contribution in [-0.4, -0.2) is 54.0 Å². The number of aliphatic hydroxyl groups is 1. The summed E-state index contributed by atoms with van der Waals surface area (Å²) in [5.41, 5.74) is 0. The first-order valence-corrected chi connectivity index (χ1v) is 6.31. The number of nitrogens with one attached hydrogen (secondary N) is 2. The average molecular weight is 290 g/mol.